The largest absolute Gasteiger partial charge is 0.381 e. The van der Waals surface area contributed by atoms with Gasteiger partial charge in [0.15, 0.2) is 5.82 Å². The molecule has 3 heterocycles. The third-order valence-corrected chi connectivity index (χ3v) is 5.13. The van der Waals surface area contributed by atoms with Gasteiger partial charge >= 0.3 is 6.03 Å². The number of carbonyl (C=O) groups excluding carboxylic acids is 1. The van der Waals surface area contributed by atoms with E-state index in [0.29, 0.717) is 12.4 Å². The summed E-state index contributed by atoms with van der Waals surface area (Å²) in [6, 6.07) is 1.68. The maximum atomic E-state index is 12.2. The Morgan fingerprint density at radius 2 is 2.04 bits per heavy atom. The normalized spacial score (nSPS) is 21.3. The van der Waals surface area contributed by atoms with Gasteiger partial charge in [-0.1, -0.05) is 0 Å². The van der Waals surface area contributed by atoms with Crippen molar-refractivity contribution >= 4 is 11.8 Å². The monoisotopic (exact) mass is 321 g/mol. The molecule has 0 radical (unpaired) electrons. The lowest BCUT2D eigenvalue weighted by Crippen LogP contribution is -2.57. The number of likely N-dealkylation sites (tertiary alicyclic amines) is 1. The van der Waals surface area contributed by atoms with Gasteiger partial charge in [-0.25, -0.2) is 4.79 Å². The molecule has 3 rings (SSSR count). The molecule has 2 saturated heterocycles. The van der Waals surface area contributed by atoms with Crippen LogP contribution in [0.2, 0.25) is 0 Å². The summed E-state index contributed by atoms with van der Waals surface area (Å²) in [5, 5.41) is 10.1. The molecule has 128 valence electrons. The summed E-state index contributed by atoms with van der Waals surface area (Å²) < 4.78 is 7.28. The lowest BCUT2D eigenvalue weighted by molar-refractivity contribution is -0.0169. The number of nitrogens with one attached hydrogen (secondary N) is 2. The van der Waals surface area contributed by atoms with Gasteiger partial charge in [0.25, 0.3) is 0 Å². The van der Waals surface area contributed by atoms with Gasteiger partial charge in [0, 0.05) is 44.1 Å². The molecule has 2 fully saturated rings. The summed E-state index contributed by atoms with van der Waals surface area (Å²) in [4.78, 5) is 14.8. The van der Waals surface area contributed by atoms with E-state index in [-0.39, 0.29) is 11.6 Å². The second kappa shape index (κ2) is 6.88. The molecule has 1 aromatic rings. The molecule has 0 saturated carbocycles. The number of carbonyl (C=O) groups is 1. The van der Waals surface area contributed by atoms with Crippen LogP contribution in [0.1, 0.15) is 31.4 Å². The molecule has 0 atom stereocenters. The zero-order chi connectivity index (χ0) is 16.3. The van der Waals surface area contributed by atoms with E-state index >= 15 is 0 Å². The van der Waals surface area contributed by atoms with E-state index in [2.05, 4.69) is 20.6 Å². The van der Waals surface area contributed by atoms with Crippen molar-refractivity contribution < 1.29 is 9.53 Å². The van der Waals surface area contributed by atoms with E-state index in [1.54, 1.807) is 4.68 Å². The third kappa shape index (κ3) is 3.67. The molecule has 0 aromatic carbocycles. The van der Waals surface area contributed by atoms with Gasteiger partial charge in [-0.2, -0.15) is 5.10 Å². The third-order valence-electron chi connectivity index (χ3n) is 5.13. The van der Waals surface area contributed by atoms with Gasteiger partial charge in [0.05, 0.1) is 0 Å². The Balaban J connectivity index is 1.58. The highest BCUT2D eigenvalue weighted by molar-refractivity contribution is 5.88. The van der Waals surface area contributed by atoms with Crippen molar-refractivity contribution in [1.29, 1.82) is 0 Å². The van der Waals surface area contributed by atoms with Gasteiger partial charge in [-0.15, -0.1) is 0 Å². The predicted molar refractivity (Wildman–Crippen MR) is 88.6 cm³/mol. The Morgan fingerprint density at radius 1 is 1.35 bits per heavy atom. The minimum Gasteiger partial charge on any atom is -0.381 e. The Labute approximate surface area is 137 Å². The first-order valence-electron chi connectivity index (χ1n) is 8.47. The van der Waals surface area contributed by atoms with E-state index in [0.717, 1.165) is 44.8 Å². The Hall–Kier alpha value is -1.60. The van der Waals surface area contributed by atoms with E-state index in [1.807, 2.05) is 20.0 Å². The molecule has 2 aliphatic heterocycles. The molecule has 2 N–H and O–H groups in total. The van der Waals surface area contributed by atoms with Crippen LogP contribution in [0.3, 0.4) is 0 Å². The lowest BCUT2D eigenvalue weighted by Gasteiger charge is -2.44. The fourth-order valence-electron chi connectivity index (χ4n) is 3.57. The Bertz CT molecular complexity index is 525. The highest BCUT2D eigenvalue weighted by atomic mass is 16.5. The Kier molecular flexibility index (Phi) is 4.87. The summed E-state index contributed by atoms with van der Waals surface area (Å²) in [5.41, 5.74) is 1.06. The van der Waals surface area contributed by atoms with Crippen molar-refractivity contribution in [3.05, 3.63) is 11.8 Å². The number of amides is 2. The fraction of sp³-hybridized carbons (Fsp3) is 0.750. The van der Waals surface area contributed by atoms with Gasteiger partial charge in [-0.05, 0) is 45.7 Å². The zero-order valence-electron chi connectivity index (χ0n) is 14.1. The number of hydrogen-bond acceptors (Lipinski definition) is 4. The van der Waals surface area contributed by atoms with Crippen LogP contribution >= 0.6 is 0 Å². The number of aromatic nitrogens is 2. The number of ether oxygens (including phenoxy) is 1. The lowest BCUT2D eigenvalue weighted by atomic mass is 9.88. The molecule has 2 aliphatic rings. The average Bonchev–Trinajstić information content (AvgIpc) is 3.18. The number of aryl methyl sites for hydroxylation is 2. The second-order valence-electron chi connectivity index (χ2n) is 6.63. The van der Waals surface area contributed by atoms with Crippen molar-refractivity contribution in [2.24, 2.45) is 7.05 Å². The van der Waals surface area contributed by atoms with Crippen molar-refractivity contribution in [3.8, 4) is 0 Å². The molecular weight excluding hydrogens is 294 g/mol. The first-order valence-corrected chi connectivity index (χ1v) is 8.47. The van der Waals surface area contributed by atoms with E-state index in [1.165, 1.54) is 12.8 Å². The van der Waals surface area contributed by atoms with Crippen LogP contribution in [0.4, 0.5) is 10.6 Å². The summed E-state index contributed by atoms with van der Waals surface area (Å²) in [6.07, 6.45) is 4.47. The van der Waals surface area contributed by atoms with E-state index < -0.39 is 0 Å². The number of rotatable bonds is 4. The minimum absolute atomic E-state index is 0.0477. The Morgan fingerprint density at radius 3 is 2.65 bits per heavy atom. The maximum Gasteiger partial charge on any atom is 0.320 e. The first kappa shape index (κ1) is 16.3. The molecule has 0 unspecified atom stereocenters. The van der Waals surface area contributed by atoms with Gasteiger partial charge < -0.3 is 10.1 Å². The number of urea groups is 1. The average molecular weight is 321 g/mol. The minimum atomic E-state index is -0.187. The summed E-state index contributed by atoms with van der Waals surface area (Å²) in [7, 11) is 1.86. The van der Waals surface area contributed by atoms with Crippen LogP contribution in [0.25, 0.3) is 0 Å². The highest BCUT2D eigenvalue weighted by Crippen LogP contribution is 2.30. The van der Waals surface area contributed by atoms with Crippen molar-refractivity contribution in [2.45, 2.75) is 38.1 Å². The fourth-order valence-corrected chi connectivity index (χ4v) is 3.57. The van der Waals surface area contributed by atoms with E-state index in [4.69, 9.17) is 4.74 Å². The molecule has 1 aromatic heterocycles. The predicted octanol–water partition coefficient (Wildman–Crippen LogP) is 1.50. The standard InChI is InChI=1S/C16H27N5O2/c1-13-11-14(19-20(13)2)18-15(22)17-12-16(5-9-23-10-6-16)21-7-3-4-8-21/h11H,3-10,12H2,1-2H3,(H2,17,18,19,22). The molecule has 7 nitrogen and oxygen atoms in total. The summed E-state index contributed by atoms with van der Waals surface area (Å²) in [6.45, 7) is 6.43. The number of hydrogen-bond donors (Lipinski definition) is 2. The second-order valence-corrected chi connectivity index (χ2v) is 6.63. The SMILES string of the molecule is Cc1cc(NC(=O)NCC2(N3CCCC3)CCOCC2)nn1C. The van der Waals surface area contributed by atoms with Crippen molar-refractivity contribution in [3.63, 3.8) is 0 Å². The van der Waals surface area contributed by atoms with Crippen LogP contribution in [0, 0.1) is 6.92 Å². The molecule has 23 heavy (non-hydrogen) atoms. The number of nitrogens with zero attached hydrogens (tertiary/aromatic N) is 3. The van der Waals surface area contributed by atoms with Crippen molar-refractivity contribution in [2.75, 3.05) is 38.2 Å². The zero-order valence-corrected chi connectivity index (χ0v) is 14.1. The first-order chi connectivity index (χ1) is 11.1. The molecular formula is C16H27N5O2. The van der Waals surface area contributed by atoms with Crippen LogP contribution in [0.15, 0.2) is 6.07 Å². The summed E-state index contributed by atoms with van der Waals surface area (Å²) in [5.74, 6) is 0.588. The van der Waals surface area contributed by atoms with Gasteiger partial charge in [0.1, 0.15) is 0 Å². The molecule has 0 bridgehead atoms. The summed E-state index contributed by atoms with van der Waals surface area (Å²) >= 11 is 0. The van der Waals surface area contributed by atoms with E-state index in [9.17, 15) is 4.79 Å². The van der Waals surface area contributed by atoms with Crippen molar-refractivity contribution in [1.82, 2.24) is 20.0 Å². The molecule has 0 aliphatic carbocycles. The molecule has 7 heteroatoms. The van der Waals surface area contributed by atoms with Crippen LogP contribution in [-0.4, -0.2) is 59.1 Å². The van der Waals surface area contributed by atoms with Gasteiger partial charge in [-0.3, -0.25) is 14.9 Å². The van der Waals surface area contributed by atoms with Crippen LogP contribution < -0.4 is 10.6 Å². The quantitative estimate of drug-likeness (QED) is 0.881. The topological polar surface area (TPSA) is 71.4 Å². The van der Waals surface area contributed by atoms with Crippen LogP contribution in [0.5, 0.6) is 0 Å². The molecule has 2 amide bonds. The molecule has 0 spiro atoms. The highest BCUT2D eigenvalue weighted by Gasteiger charge is 2.39. The smallest absolute Gasteiger partial charge is 0.320 e. The number of anilines is 1. The maximum absolute atomic E-state index is 12.2. The van der Waals surface area contributed by atoms with Gasteiger partial charge in [0.2, 0.25) is 0 Å². The van der Waals surface area contributed by atoms with Crippen LogP contribution in [-0.2, 0) is 11.8 Å².